The smallest absolute Gasteiger partial charge is 0.0434 e. The molecule has 10 rings (SSSR count). The maximum absolute atomic E-state index is 2.44. The number of fused-ring (bicyclic) bond motifs is 11. The van der Waals surface area contributed by atoms with Crippen LogP contribution in [0.4, 0.5) is 0 Å². The predicted molar refractivity (Wildman–Crippen MR) is 196 cm³/mol. The highest BCUT2D eigenvalue weighted by Crippen LogP contribution is 2.47. The van der Waals surface area contributed by atoms with Crippen molar-refractivity contribution in [3.8, 4) is 22.3 Å². The minimum absolute atomic E-state index is 1.25. The first-order chi connectivity index (χ1) is 21.8. The molecular weight excluding hydrogens is 569 g/mol. The van der Waals surface area contributed by atoms with E-state index in [0.717, 1.165) is 0 Å². The quantitative estimate of drug-likeness (QED) is 0.175. The van der Waals surface area contributed by atoms with Gasteiger partial charge < -0.3 is 0 Å². The van der Waals surface area contributed by atoms with Crippen molar-refractivity contribution in [1.82, 2.24) is 0 Å². The van der Waals surface area contributed by atoms with Crippen LogP contribution in [0, 0.1) is 0 Å². The fourth-order valence-corrected chi connectivity index (χ4v) is 9.77. The van der Waals surface area contributed by atoms with Crippen LogP contribution in [0.1, 0.15) is 0 Å². The van der Waals surface area contributed by atoms with Gasteiger partial charge in [-0.15, -0.1) is 22.7 Å². The standard InChI is InChI=1S/C42H24S2/c1-2-10-25(11-3-1)39-28-13-4-6-15-30(28)40(31-16-7-5-14-29(31)39)26-18-23-38-36(24-26)35-22-21-33-34(42(35)44-38)20-19-32-27-12-8-9-17-37(27)43-41(32)33/h1-24H. The zero-order valence-electron chi connectivity index (χ0n) is 23.7. The van der Waals surface area contributed by atoms with E-state index < -0.39 is 0 Å². The maximum Gasteiger partial charge on any atom is 0.0434 e. The van der Waals surface area contributed by atoms with E-state index in [-0.39, 0.29) is 0 Å². The lowest BCUT2D eigenvalue weighted by Crippen LogP contribution is -1.90. The molecular formula is C42H24S2. The molecule has 0 spiro atoms. The molecule has 204 valence electrons. The van der Waals surface area contributed by atoms with Gasteiger partial charge in [0, 0.05) is 51.1 Å². The molecule has 0 bridgehead atoms. The van der Waals surface area contributed by atoms with Gasteiger partial charge in [-0.3, -0.25) is 0 Å². The molecule has 0 unspecified atom stereocenters. The van der Waals surface area contributed by atoms with Crippen LogP contribution in [0.3, 0.4) is 0 Å². The first-order valence-electron chi connectivity index (χ1n) is 15.0. The van der Waals surface area contributed by atoms with Crippen LogP contribution in [0.15, 0.2) is 146 Å². The van der Waals surface area contributed by atoms with E-state index in [2.05, 4.69) is 146 Å². The summed E-state index contributed by atoms with van der Waals surface area (Å²) in [6.45, 7) is 0. The van der Waals surface area contributed by atoms with Crippen LogP contribution in [0.25, 0.3) is 94.9 Å². The van der Waals surface area contributed by atoms with Crippen LogP contribution in [-0.2, 0) is 0 Å². The van der Waals surface area contributed by atoms with Crippen molar-refractivity contribution in [3.63, 3.8) is 0 Å². The monoisotopic (exact) mass is 592 g/mol. The summed E-state index contributed by atoms with van der Waals surface area (Å²) in [4.78, 5) is 0. The lowest BCUT2D eigenvalue weighted by atomic mass is 9.86. The van der Waals surface area contributed by atoms with Gasteiger partial charge >= 0.3 is 0 Å². The van der Waals surface area contributed by atoms with Crippen molar-refractivity contribution >= 4 is 95.3 Å². The highest BCUT2D eigenvalue weighted by molar-refractivity contribution is 7.28. The molecule has 44 heavy (non-hydrogen) atoms. The van der Waals surface area contributed by atoms with Crippen molar-refractivity contribution in [1.29, 1.82) is 0 Å². The minimum Gasteiger partial charge on any atom is -0.135 e. The summed E-state index contributed by atoms with van der Waals surface area (Å²) in [5, 5.41) is 13.3. The Morgan fingerprint density at radius 1 is 0.273 bits per heavy atom. The van der Waals surface area contributed by atoms with Crippen molar-refractivity contribution in [2.24, 2.45) is 0 Å². The summed E-state index contributed by atoms with van der Waals surface area (Å²) < 4.78 is 5.46. The first-order valence-corrected chi connectivity index (χ1v) is 16.7. The topological polar surface area (TPSA) is 0 Å². The molecule has 2 heteroatoms. The third-order valence-electron chi connectivity index (χ3n) is 9.26. The average molecular weight is 593 g/mol. The summed E-state index contributed by atoms with van der Waals surface area (Å²) in [7, 11) is 0. The van der Waals surface area contributed by atoms with Crippen LogP contribution in [0.2, 0.25) is 0 Å². The summed E-state index contributed by atoms with van der Waals surface area (Å²) in [5.41, 5.74) is 5.14. The van der Waals surface area contributed by atoms with Gasteiger partial charge in [0.25, 0.3) is 0 Å². The Bertz CT molecular complexity index is 2700. The molecule has 0 radical (unpaired) electrons. The van der Waals surface area contributed by atoms with Gasteiger partial charge in [0.05, 0.1) is 0 Å². The molecule has 0 aliphatic carbocycles. The zero-order chi connectivity index (χ0) is 28.8. The molecule has 2 heterocycles. The summed E-state index contributed by atoms with van der Waals surface area (Å²) in [5.74, 6) is 0. The molecule has 0 saturated carbocycles. The molecule has 0 amide bonds. The molecule has 0 atom stereocenters. The number of hydrogen-bond acceptors (Lipinski definition) is 2. The van der Waals surface area contributed by atoms with Gasteiger partial charge in [-0.25, -0.2) is 0 Å². The Morgan fingerprint density at radius 2 is 0.705 bits per heavy atom. The van der Waals surface area contributed by atoms with E-state index in [1.54, 1.807) is 0 Å². The van der Waals surface area contributed by atoms with E-state index >= 15 is 0 Å². The number of benzene rings is 8. The van der Waals surface area contributed by atoms with E-state index in [4.69, 9.17) is 0 Å². The zero-order valence-corrected chi connectivity index (χ0v) is 25.3. The van der Waals surface area contributed by atoms with Crippen molar-refractivity contribution in [3.05, 3.63) is 146 Å². The first kappa shape index (κ1) is 24.4. The number of thiophene rings is 2. The Kier molecular flexibility index (Phi) is 5.13. The molecule has 0 nitrogen and oxygen atoms in total. The van der Waals surface area contributed by atoms with Crippen LogP contribution >= 0.6 is 22.7 Å². The van der Waals surface area contributed by atoms with Crippen LogP contribution in [0.5, 0.6) is 0 Å². The SMILES string of the molecule is c1ccc(-c2c3ccccc3c(-c3ccc4sc5c(ccc6c5ccc5c7ccccc7sc56)c4c3)c3ccccc23)cc1. The van der Waals surface area contributed by atoms with Gasteiger partial charge in [0.1, 0.15) is 0 Å². The molecule has 2 aromatic heterocycles. The third kappa shape index (κ3) is 3.38. The second-order valence-corrected chi connectivity index (χ2v) is 13.7. The second kappa shape index (κ2) is 9.24. The Balaban J connectivity index is 1.26. The largest absolute Gasteiger partial charge is 0.135 e. The minimum atomic E-state index is 1.25. The molecule has 0 N–H and O–H groups in total. The average Bonchev–Trinajstić information content (AvgIpc) is 3.66. The molecule has 10 aromatic rings. The fourth-order valence-electron chi connectivity index (χ4n) is 7.33. The van der Waals surface area contributed by atoms with Gasteiger partial charge in [-0.2, -0.15) is 0 Å². The second-order valence-electron chi connectivity index (χ2n) is 11.6. The van der Waals surface area contributed by atoms with Gasteiger partial charge in [-0.1, -0.05) is 127 Å². The lowest BCUT2D eigenvalue weighted by molar-refractivity contribution is 1.66. The van der Waals surface area contributed by atoms with E-state index in [9.17, 15) is 0 Å². The predicted octanol–water partition coefficient (Wildman–Crippen LogP) is 13.2. The van der Waals surface area contributed by atoms with Crippen molar-refractivity contribution < 1.29 is 0 Å². The highest BCUT2D eigenvalue weighted by atomic mass is 32.1. The van der Waals surface area contributed by atoms with Crippen molar-refractivity contribution in [2.75, 3.05) is 0 Å². The highest BCUT2D eigenvalue weighted by Gasteiger charge is 2.18. The van der Waals surface area contributed by atoms with E-state index in [1.165, 1.54) is 94.9 Å². The maximum atomic E-state index is 2.44. The fraction of sp³-hybridized carbons (Fsp3) is 0. The Hall–Kier alpha value is -5.02. The molecule has 0 aliphatic heterocycles. The van der Waals surface area contributed by atoms with E-state index in [0.29, 0.717) is 0 Å². The number of rotatable bonds is 2. The molecule has 0 aliphatic rings. The normalized spacial score (nSPS) is 12.1. The number of hydrogen-bond donors (Lipinski definition) is 0. The Labute approximate surface area is 262 Å². The lowest BCUT2D eigenvalue weighted by Gasteiger charge is -2.17. The molecule has 0 fully saturated rings. The van der Waals surface area contributed by atoms with Gasteiger partial charge in [0.15, 0.2) is 0 Å². The van der Waals surface area contributed by atoms with Gasteiger partial charge in [0.2, 0.25) is 0 Å². The molecule has 0 saturated heterocycles. The summed E-state index contributed by atoms with van der Waals surface area (Å²) in [6.07, 6.45) is 0. The van der Waals surface area contributed by atoms with E-state index in [1.807, 2.05) is 22.7 Å². The van der Waals surface area contributed by atoms with Crippen LogP contribution < -0.4 is 0 Å². The van der Waals surface area contributed by atoms with Crippen molar-refractivity contribution in [2.45, 2.75) is 0 Å². The summed E-state index contributed by atoms with van der Waals surface area (Å²) >= 11 is 3.83. The Morgan fingerprint density at radius 3 is 1.30 bits per heavy atom. The summed E-state index contributed by atoms with van der Waals surface area (Å²) in [6, 6.07) is 54.0. The molecule has 8 aromatic carbocycles. The third-order valence-corrected chi connectivity index (χ3v) is 11.7. The van der Waals surface area contributed by atoms with Crippen LogP contribution in [-0.4, -0.2) is 0 Å². The van der Waals surface area contributed by atoms with Gasteiger partial charge in [-0.05, 0) is 62.0 Å².